The minimum atomic E-state index is -2.48. The molecular formula is C61H95N13O22S2. The van der Waals surface area contributed by atoms with E-state index < -0.39 is 193 Å². The van der Waals surface area contributed by atoms with E-state index in [0.717, 1.165) is 4.90 Å². The number of phenolic OH excluding ortho intramolecular Hbond substituents is 1. The number of carboxylic acid groups (broad SMARTS) is 1. The van der Waals surface area contributed by atoms with E-state index in [4.69, 9.17) is 40.3 Å². The topological polar surface area (TPSA) is 531 Å². The number of aromatic hydroxyl groups is 1. The lowest BCUT2D eigenvalue weighted by molar-refractivity contribution is -0.144. The summed E-state index contributed by atoms with van der Waals surface area (Å²) in [6.07, 6.45) is -3.73. The Morgan fingerprint density at radius 3 is 2.08 bits per heavy atom. The van der Waals surface area contributed by atoms with Crippen LogP contribution in [0.1, 0.15) is 70.9 Å². The van der Waals surface area contributed by atoms with Gasteiger partial charge in [0.25, 0.3) is 0 Å². The first-order valence-corrected chi connectivity index (χ1v) is 34.7. The normalized spacial score (nSPS) is 23.3. The number of aliphatic hydroxyl groups is 3. The van der Waals surface area contributed by atoms with Gasteiger partial charge in [0.15, 0.2) is 0 Å². The Morgan fingerprint density at radius 2 is 1.45 bits per heavy atom. The van der Waals surface area contributed by atoms with Crippen molar-refractivity contribution in [1.29, 1.82) is 0 Å². The first-order chi connectivity index (χ1) is 46.7. The largest absolute Gasteiger partial charge is 0.508 e. The first kappa shape index (κ1) is 80.9. The Kier molecular flexibility index (Phi) is 34.4. The standard InChI is InChI=1S/C61H95N13O22S2/c1-5-33(2)51-58(88)67-28-49(81)68-43-32-98(91)60-39(24-41(55(85)65-9-8-48(80)71-51)69-59(89)52(35(4)46(78)30-75)72-57(87)44-23-37(76)29-74(44)61(90)42(25-47(63)79)70-56(43)86)38-6-7-45(77)40(53(38)73-60)31-97-21-20-96-19-18-95-17-16-94-15-14-93-13-12-92-11-10-64-26-36(62)27-66-54(84)34(3)22-50(82)83/h6-7,26,33-35,37,41-44,46,51-52,64,73,75-78H,5,8-25,27-32,62H2,1-4H3,(H2,63,79)(H,65,85)(H,66,84)(H,67,88)(H,68,81)(H,69,89)(H,70,86)(H,71,80)(H,72,87)(H,82,83)/b36-26-/t33-,34?,35-,37+,41-,42-,43+,44-,46-,51-,52-,98?/m0/s1. The molecule has 0 spiro atoms. The smallest absolute Gasteiger partial charge is 0.304 e. The Labute approximate surface area is 572 Å². The number of amides is 10. The van der Waals surface area contributed by atoms with Crippen molar-refractivity contribution in [1.82, 2.24) is 57.7 Å². The zero-order valence-corrected chi connectivity index (χ0v) is 57.0. The lowest BCUT2D eigenvalue weighted by atomic mass is 9.93. The number of rotatable bonds is 33. The number of nitrogens with one attached hydrogen (secondary N) is 10. The van der Waals surface area contributed by atoms with Gasteiger partial charge < -0.3 is 118 Å². The Balaban J connectivity index is 1.30. The molecule has 3 aliphatic rings. The number of carboxylic acids is 1. The quantitative estimate of drug-likeness (QED) is 0.0296. The van der Waals surface area contributed by atoms with Gasteiger partial charge in [-0.3, -0.25) is 56.9 Å². The average Bonchev–Trinajstić information content (AvgIpc) is 1.62. The summed E-state index contributed by atoms with van der Waals surface area (Å²) < 4.78 is 43.3. The third-order valence-electron chi connectivity index (χ3n) is 16.2. The fourth-order valence-corrected chi connectivity index (χ4v) is 12.8. The zero-order chi connectivity index (χ0) is 72.0. The molecule has 0 aliphatic carbocycles. The number of aliphatic carboxylic acids is 1. The van der Waals surface area contributed by atoms with E-state index in [1.807, 2.05) is 0 Å². The molecule has 2 bridgehead atoms. The van der Waals surface area contributed by atoms with Crippen molar-refractivity contribution in [3.8, 4) is 5.75 Å². The molecule has 19 N–H and O–H groups in total. The van der Waals surface area contributed by atoms with Crippen molar-refractivity contribution in [3.63, 3.8) is 0 Å². The fraction of sp³-hybridized carbons (Fsp3) is 0.656. The number of carbonyl (C=O) groups excluding carboxylic acids is 10. The predicted octanol–water partition coefficient (Wildman–Crippen LogP) is -5.60. The number of hydrogen-bond acceptors (Lipinski definition) is 24. The highest BCUT2D eigenvalue weighted by Crippen LogP contribution is 2.36. The van der Waals surface area contributed by atoms with Gasteiger partial charge in [-0.25, -0.2) is 0 Å². The van der Waals surface area contributed by atoms with Gasteiger partial charge in [-0.05, 0) is 23.6 Å². The minimum absolute atomic E-state index is 0.0641. The van der Waals surface area contributed by atoms with E-state index in [1.54, 1.807) is 13.8 Å². The van der Waals surface area contributed by atoms with Gasteiger partial charge in [0.05, 0.1) is 133 Å². The second-order valence-electron chi connectivity index (χ2n) is 23.7. The summed E-state index contributed by atoms with van der Waals surface area (Å²) in [6, 6.07) is -7.33. The SMILES string of the molecule is CC[C@H](C)[C@@H]1NC(=O)CCNC(=O)[C@@H]2Cc3c([nH]c4c(CSCCOCCOCCOCCOCCOCCN/C=C(\N)CNC(=O)C(C)CC(=O)O)c(O)ccc34)S(=O)C[C@@H](NC(=O)CNC1=O)C(=O)N[C@@H](CC(N)=O)C(=O)N1C[C@H](O)C[C@H]1C(=O)N[C@@H]([C@@H](C)[C@@H](O)CO)C(=O)N2. The average molecular weight is 1430 g/mol. The molecule has 2 aromatic rings. The molecule has 1 aromatic heterocycles. The number of aromatic nitrogens is 1. The lowest BCUT2D eigenvalue weighted by Crippen LogP contribution is -2.61. The molecule has 1 fully saturated rings. The second-order valence-corrected chi connectivity index (χ2v) is 26.3. The predicted molar refractivity (Wildman–Crippen MR) is 352 cm³/mol. The maximum atomic E-state index is 15.3. The van der Waals surface area contributed by atoms with Crippen LogP contribution >= 0.6 is 11.8 Å². The second kappa shape index (κ2) is 41.6. The number of aromatic amines is 1. The molecule has 3 aliphatic heterocycles. The summed E-state index contributed by atoms with van der Waals surface area (Å²) >= 11 is 1.34. The number of nitrogens with two attached hydrogens (primary N) is 2. The molecule has 5 rings (SSSR count). The van der Waals surface area contributed by atoms with Crippen LogP contribution in [-0.4, -0.2) is 270 Å². The number of aliphatic hydroxyl groups excluding tert-OH is 3. The van der Waals surface area contributed by atoms with Crippen molar-refractivity contribution in [2.24, 2.45) is 29.2 Å². The molecular weight excluding hydrogens is 1330 g/mol. The molecule has 10 amide bonds. The Bertz CT molecular complexity index is 3120. The summed E-state index contributed by atoms with van der Waals surface area (Å²) in [7, 11) is -2.48. The number of thioether (sulfide) groups is 1. The van der Waals surface area contributed by atoms with E-state index in [1.165, 1.54) is 43.9 Å². The fourth-order valence-electron chi connectivity index (χ4n) is 10.5. The van der Waals surface area contributed by atoms with Crippen LogP contribution in [0.25, 0.3) is 10.9 Å². The molecule has 1 saturated heterocycles. The van der Waals surface area contributed by atoms with Crippen molar-refractivity contribution >= 4 is 98.5 Å². The van der Waals surface area contributed by atoms with Crippen LogP contribution in [0.4, 0.5) is 0 Å². The molecule has 1 aromatic carbocycles. The third kappa shape index (κ3) is 25.8. The molecule has 98 heavy (non-hydrogen) atoms. The van der Waals surface area contributed by atoms with E-state index in [2.05, 4.69) is 52.8 Å². The van der Waals surface area contributed by atoms with Crippen molar-refractivity contribution < 1.29 is 106 Å². The van der Waals surface area contributed by atoms with Crippen LogP contribution in [0.2, 0.25) is 0 Å². The molecule has 0 radical (unpaired) electrons. The van der Waals surface area contributed by atoms with Crippen LogP contribution < -0.4 is 59.3 Å². The van der Waals surface area contributed by atoms with E-state index in [9.17, 15) is 73.2 Å². The van der Waals surface area contributed by atoms with Crippen molar-refractivity contribution in [2.45, 2.75) is 125 Å². The molecule has 0 saturated carbocycles. The number of benzene rings is 1. The number of nitrogens with zero attached hydrogens (tertiary/aromatic N) is 1. The number of H-pyrrole nitrogens is 1. The third-order valence-corrected chi connectivity index (χ3v) is 18.6. The zero-order valence-electron chi connectivity index (χ0n) is 55.4. The molecule has 12 atom stereocenters. The minimum Gasteiger partial charge on any atom is -0.508 e. The Morgan fingerprint density at radius 1 is 0.796 bits per heavy atom. The molecule has 548 valence electrons. The highest BCUT2D eigenvalue weighted by Gasteiger charge is 2.45. The summed E-state index contributed by atoms with van der Waals surface area (Å²) in [5, 5.41) is 75.5. The molecule has 35 nitrogen and oxygen atoms in total. The van der Waals surface area contributed by atoms with Gasteiger partial charge in [0, 0.05) is 85.1 Å². The van der Waals surface area contributed by atoms with Gasteiger partial charge in [0.2, 0.25) is 59.1 Å². The van der Waals surface area contributed by atoms with Gasteiger partial charge in [-0.2, -0.15) is 11.8 Å². The number of fused-ring (bicyclic) bond motifs is 5. The summed E-state index contributed by atoms with van der Waals surface area (Å²) in [5.41, 5.74) is 12.3. The number of phenols is 1. The van der Waals surface area contributed by atoms with Gasteiger partial charge in [-0.1, -0.05) is 34.1 Å². The number of carbonyl (C=O) groups is 11. The monoisotopic (exact) mass is 1430 g/mol. The van der Waals surface area contributed by atoms with Gasteiger partial charge in [-0.15, -0.1) is 0 Å². The lowest BCUT2D eigenvalue weighted by Gasteiger charge is -2.32. The number of hydrogen-bond donors (Lipinski definition) is 17. The maximum absolute atomic E-state index is 15.3. The highest BCUT2D eigenvalue weighted by molar-refractivity contribution is 7.98. The summed E-state index contributed by atoms with van der Waals surface area (Å²) in [6.45, 7) is 7.11. The van der Waals surface area contributed by atoms with Crippen LogP contribution in [0, 0.1) is 17.8 Å². The maximum Gasteiger partial charge on any atom is 0.304 e. The van der Waals surface area contributed by atoms with Crippen LogP contribution in [-0.2, 0) is 99.4 Å². The first-order valence-electron chi connectivity index (χ1n) is 32.2. The van der Waals surface area contributed by atoms with E-state index >= 15 is 4.21 Å². The molecule has 37 heteroatoms. The van der Waals surface area contributed by atoms with Crippen molar-refractivity contribution in [2.75, 3.05) is 117 Å². The van der Waals surface area contributed by atoms with Crippen LogP contribution in [0.5, 0.6) is 5.75 Å². The Hall–Kier alpha value is -7.75. The molecule has 2 unspecified atom stereocenters. The van der Waals surface area contributed by atoms with Gasteiger partial charge >= 0.3 is 5.97 Å². The van der Waals surface area contributed by atoms with Crippen molar-refractivity contribution in [3.05, 3.63) is 35.2 Å². The summed E-state index contributed by atoms with van der Waals surface area (Å²) in [5.74, 6) is -13.7. The van der Waals surface area contributed by atoms with Crippen LogP contribution in [0.3, 0.4) is 0 Å². The van der Waals surface area contributed by atoms with E-state index in [-0.39, 0.29) is 84.5 Å². The number of ether oxygens (including phenoxy) is 5. The molecule has 4 heterocycles. The van der Waals surface area contributed by atoms with Gasteiger partial charge in [0.1, 0.15) is 47.0 Å². The highest BCUT2D eigenvalue weighted by atomic mass is 32.2. The number of primary amides is 1. The van der Waals surface area contributed by atoms with Crippen LogP contribution in [0.15, 0.2) is 29.1 Å². The van der Waals surface area contributed by atoms with E-state index in [0.29, 0.717) is 64.1 Å². The summed E-state index contributed by atoms with van der Waals surface area (Å²) in [4.78, 5) is 153.